The molecule has 0 aliphatic carbocycles. The van der Waals surface area contributed by atoms with Crippen LogP contribution in [0.4, 0.5) is 5.69 Å². The van der Waals surface area contributed by atoms with Crippen molar-refractivity contribution in [2.45, 2.75) is 18.6 Å². The van der Waals surface area contributed by atoms with Crippen molar-refractivity contribution in [1.82, 2.24) is 5.32 Å². The lowest BCUT2D eigenvalue weighted by atomic mass is 10.1. The summed E-state index contributed by atoms with van der Waals surface area (Å²) in [5.41, 5.74) is 2.11. The molecule has 0 radical (unpaired) electrons. The number of carbonyl (C=O) groups is 2. The summed E-state index contributed by atoms with van der Waals surface area (Å²) >= 11 is 7.06. The Bertz CT molecular complexity index is 976. The molecular formula is C20H19ClN4O3S. The van der Waals surface area contributed by atoms with Crippen LogP contribution in [0.2, 0.25) is 5.02 Å². The average molecular weight is 431 g/mol. The Balaban J connectivity index is 1.61. The molecule has 2 N–H and O–H groups in total. The summed E-state index contributed by atoms with van der Waals surface area (Å²) in [4.78, 5) is 24.5. The van der Waals surface area contributed by atoms with E-state index < -0.39 is 5.25 Å². The van der Waals surface area contributed by atoms with Crippen LogP contribution in [-0.2, 0) is 9.59 Å². The van der Waals surface area contributed by atoms with Crippen molar-refractivity contribution in [3.63, 3.8) is 0 Å². The van der Waals surface area contributed by atoms with Crippen LogP contribution in [0.15, 0.2) is 58.7 Å². The fourth-order valence-corrected chi connectivity index (χ4v) is 3.62. The zero-order chi connectivity index (χ0) is 20.8. The van der Waals surface area contributed by atoms with Crippen LogP contribution in [0.3, 0.4) is 0 Å². The minimum absolute atomic E-state index is 0.00739. The number of amides is 2. The van der Waals surface area contributed by atoms with E-state index in [9.17, 15) is 9.59 Å². The van der Waals surface area contributed by atoms with Gasteiger partial charge in [-0.15, -0.1) is 5.10 Å². The first-order valence-electron chi connectivity index (χ1n) is 8.75. The number of thioether (sulfide) groups is 1. The molecule has 1 atom stereocenters. The van der Waals surface area contributed by atoms with Gasteiger partial charge in [0, 0.05) is 11.4 Å². The maximum atomic E-state index is 12.3. The van der Waals surface area contributed by atoms with Gasteiger partial charge < -0.3 is 15.4 Å². The molecule has 0 aromatic heterocycles. The molecular weight excluding hydrogens is 412 g/mol. The van der Waals surface area contributed by atoms with Gasteiger partial charge in [0.1, 0.15) is 11.0 Å². The van der Waals surface area contributed by atoms with E-state index >= 15 is 0 Å². The SMILES string of the molecule is COc1ccccc1NC(=O)CC1S/C(=N/N=C(\C)c2ccc(Cl)cc2)NC1=O. The highest BCUT2D eigenvalue weighted by Gasteiger charge is 2.32. The second-order valence-electron chi connectivity index (χ2n) is 6.15. The monoisotopic (exact) mass is 430 g/mol. The second-order valence-corrected chi connectivity index (χ2v) is 7.77. The number of para-hydroxylation sites is 2. The number of hydrogen-bond acceptors (Lipinski definition) is 6. The predicted octanol–water partition coefficient (Wildman–Crippen LogP) is 3.69. The highest BCUT2D eigenvalue weighted by atomic mass is 35.5. The molecule has 1 aliphatic heterocycles. The molecule has 2 amide bonds. The van der Waals surface area contributed by atoms with Crippen molar-refractivity contribution in [3.05, 3.63) is 59.1 Å². The molecule has 9 heteroatoms. The molecule has 7 nitrogen and oxygen atoms in total. The summed E-state index contributed by atoms with van der Waals surface area (Å²) < 4.78 is 5.21. The van der Waals surface area contributed by atoms with Crippen molar-refractivity contribution in [2.24, 2.45) is 10.2 Å². The van der Waals surface area contributed by atoms with Gasteiger partial charge in [0.05, 0.1) is 18.5 Å². The minimum Gasteiger partial charge on any atom is -0.495 e. The van der Waals surface area contributed by atoms with Crippen LogP contribution < -0.4 is 15.4 Å². The molecule has 1 unspecified atom stereocenters. The van der Waals surface area contributed by atoms with Gasteiger partial charge in [-0.1, -0.05) is 47.6 Å². The lowest BCUT2D eigenvalue weighted by Gasteiger charge is -2.10. The molecule has 2 aromatic carbocycles. The Hall–Kier alpha value is -2.84. The van der Waals surface area contributed by atoms with Crippen LogP contribution in [0.25, 0.3) is 0 Å². The molecule has 0 saturated carbocycles. The van der Waals surface area contributed by atoms with Gasteiger partial charge in [-0.25, -0.2) is 0 Å². The number of hydrogen-bond donors (Lipinski definition) is 2. The Kier molecular flexibility index (Phi) is 6.90. The highest BCUT2D eigenvalue weighted by Crippen LogP contribution is 2.26. The Morgan fingerprint density at radius 1 is 1.24 bits per heavy atom. The first kappa shape index (κ1) is 20.9. The van der Waals surface area contributed by atoms with Gasteiger partial charge in [-0.05, 0) is 36.8 Å². The molecule has 1 aliphatic rings. The van der Waals surface area contributed by atoms with Crippen molar-refractivity contribution >= 4 is 51.7 Å². The smallest absolute Gasteiger partial charge is 0.240 e. The molecule has 1 fully saturated rings. The van der Waals surface area contributed by atoms with Crippen LogP contribution in [0.1, 0.15) is 18.9 Å². The second kappa shape index (κ2) is 9.58. The largest absolute Gasteiger partial charge is 0.495 e. The number of ether oxygens (including phenoxy) is 1. The third-order valence-corrected chi connectivity index (χ3v) is 5.41. The molecule has 29 heavy (non-hydrogen) atoms. The van der Waals surface area contributed by atoms with E-state index in [4.69, 9.17) is 16.3 Å². The molecule has 1 saturated heterocycles. The molecule has 3 rings (SSSR count). The number of benzene rings is 2. The van der Waals surface area contributed by atoms with E-state index in [0.717, 1.165) is 5.56 Å². The number of halogens is 1. The molecule has 1 heterocycles. The molecule has 2 aromatic rings. The average Bonchev–Trinajstić information content (AvgIpc) is 3.06. The highest BCUT2D eigenvalue weighted by molar-refractivity contribution is 8.15. The number of methoxy groups -OCH3 is 1. The van der Waals surface area contributed by atoms with Gasteiger partial charge in [0.25, 0.3) is 0 Å². The first-order chi connectivity index (χ1) is 14.0. The van der Waals surface area contributed by atoms with Crippen molar-refractivity contribution in [1.29, 1.82) is 0 Å². The maximum Gasteiger partial charge on any atom is 0.240 e. The quantitative estimate of drug-likeness (QED) is 0.540. The van der Waals surface area contributed by atoms with Crippen LogP contribution in [-0.4, -0.2) is 35.1 Å². The minimum atomic E-state index is -0.575. The summed E-state index contributed by atoms with van der Waals surface area (Å²) in [6.07, 6.45) is 0.00739. The van der Waals surface area contributed by atoms with Gasteiger partial charge in [-0.3, -0.25) is 9.59 Å². The third-order valence-electron chi connectivity index (χ3n) is 4.08. The van der Waals surface area contributed by atoms with Crippen molar-refractivity contribution < 1.29 is 14.3 Å². The lowest BCUT2D eigenvalue weighted by molar-refractivity contribution is -0.122. The van der Waals surface area contributed by atoms with E-state index in [0.29, 0.717) is 27.3 Å². The van der Waals surface area contributed by atoms with Crippen molar-refractivity contribution in [3.8, 4) is 5.75 Å². The summed E-state index contributed by atoms with van der Waals surface area (Å²) in [6, 6.07) is 14.3. The number of nitrogens with one attached hydrogen (secondary N) is 2. The van der Waals surface area contributed by atoms with Gasteiger partial charge in [-0.2, -0.15) is 5.10 Å². The Morgan fingerprint density at radius 2 is 1.97 bits per heavy atom. The fourth-order valence-electron chi connectivity index (χ4n) is 2.57. The normalized spacial score (nSPS) is 17.9. The Labute approximate surface area is 177 Å². The third kappa shape index (κ3) is 5.58. The van der Waals surface area contributed by atoms with Gasteiger partial charge in [0.2, 0.25) is 11.8 Å². The van der Waals surface area contributed by atoms with Crippen LogP contribution >= 0.6 is 23.4 Å². The number of amidine groups is 1. The van der Waals surface area contributed by atoms with E-state index in [2.05, 4.69) is 20.8 Å². The lowest BCUT2D eigenvalue weighted by Crippen LogP contribution is -2.28. The fraction of sp³-hybridized carbons (Fsp3) is 0.200. The molecule has 0 bridgehead atoms. The van der Waals surface area contributed by atoms with E-state index in [1.54, 1.807) is 30.3 Å². The van der Waals surface area contributed by atoms with Crippen LogP contribution in [0.5, 0.6) is 5.75 Å². The molecule has 150 valence electrons. The zero-order valence-electron chi connectivity index (χ0n) is 15.8. The molecule has 0 spiro atoms. The van der Waals surface area contributed by atoms with Crippen LogP contribution in [0, 0.1) is 0 Å². The summed E-state index contributed by atoms with van der Waals surface area (Å²) in [5, 5.41) is 14.1. The summed E-state index contributed by atoms with van der Waals surface area (Å²) in [5.74, 6) is -0.00819. The Morgan fingerprint density at radius 3 is 2.69 bits per heavy atom. The first-order valence-corrected chi connectivity index (χ1v) is 10.0. The van der Waals surface area contributed by atoms with E-state index in [1.807, 2.05) is 25.1 Å². The number of anilines is 1. The summed E-state index contributed by atoms with van der Waals surface area (Å²) in [7, 11) is 1.53. The predicted molar refractivity (Wildman–Crippen MR) is 117 cm³/mol. The zero-order valence-corrected chi connectivity index (χ0v) is 17.4. The topological polar surface area (TPSA) is 92.2 Å². The van der Waals surface area contributed by atoms with E-state index in [-0.39, 0.29) is 18.2 Å². The van der Waals surface area contributed by atoms with E-state index in [1.165, 1.54) is 18.9 Å². The number of carbonyl (C=O) groups excluding carboxylic acids is 2. The summed E-state index contributed by atoms with van der Waals surface area (Å²) in [6.45, 7) is 1.81. The van der Waals surface area contributed by atoms with Gasteiger partial charge in [0.15, 0.2) is 5.17 Å². The maximum absolute atomic E-state index is 12.3. The standard InChI is InChI=1S/C20H19ClN4O3S/c1-12(13-7-9-14(21)10-8-13)24-25-20-23-19(27)17(29-20)11-18(26)22-15-5-3-4-6-16(15)28-2/h3-10,17H,11H2,1-2H3,(H,22,26)(H,23,25,27)/b24-12+. The van der Waals surface area contributed by atoms with Crippen molar-refractivity contribution in [2.75, 3.05) is 12.4 Å². The van der Waals surface area contributed by atoms with Gasteiger partial charge >= 0.3 is 0 Å². The number of nitrogens with zero attached hydrogens (tertiary/aromatic N) is 2. The number of rotatable bonds is 6.